The molecule has 2 heterocycles. The van der Waals surface area contributed by atoms with Gasteiger partial charge in [-0.15, -0.1) is 0 Å². The molecule has 1 spiro atoms. The lowest BCUT2D eigenvalue weighted by Crippen LogP contribution is -2.67. The first kappa shape index (κ1) is 16.8. The summed E-state index contributed by atoms with van der Waals surface area (Å²) in [7, 11) is 0. The van der Waals surface area contributed by atoms with Crippen LogP contribution in [0.3, 0.4) is 0 Å². The molecule has 1 aliphatic carbocycles. The monoisotopic (exact) mass is 339 g/mol. The van der Waals surface area contributed by atoms with Crippen LogP contribution < -0.4 is 4.90 Å². The molecule has 0 N–H and O–H groups in total. The van der Waals surface area contributed by atoms with Crippen LogP contribution in [0.1, 0.15) is 52.5 Å². The predicted octanol–water partition coefficient (Wildman–Crippen LogP) is 4.04. The third-order valence-corrected chi connectivity index (χ3v) is 6.71. The molecule has 3 atom stereocenters. The first-order valence-corrected chi connectivity index (χ1v) is 9.66. The number of carbonyl (C=O) groups is 2. The minimum Gasteiger partial charge on any atom is -0.366 e. The van der Waals surface area contributed by atoms with Gasteiger partial charge in [0.2, 0.25) is 0 Å². The summed E-state index contributed by atoms with van der Waals surface area (Å²) in [5.74, 6) is 1.30. The van der Waals surface area contributed by atoms with Crippen LogP contribution in [0.15, 0.2) is 24.3 Å². The molecule has 1 saturated heterocycles. The first-order chi connectivity index (χ1) is 11.7. The molecule has 0 radical (unpaired) electrons. The Morgan fingerprint density at radius 1 is 1.00 bits per heavy atom. The van der Waals surface area contributed by atoms with Crippen molar-refractivity contribution in [2.24, 2.45) is 22.7 Å². The lowest BCUT2D eigenvalue weighted by atomic mass is 9.54. The van der Waals surface area contributed by atoms with E-state index in [0.29, 0.717) is 31.1 Å². The van der Waals surface area contributed by atoms with Crippen molar-refractivity contribution < 1.29 is 9.59 Å². The Hall–Kier alpha value is -1.64. The molecule has 3 nitrogen and oxygen atoms in total. The van der Waals surface area contributed by atoms with Crippen LogP contribution in [0.5, 0.6) is 0 Å². The summed E-state index contributed by atoms with van der Waals surface area (Å²) >= 11 is 0. The van der Waals surface area contributed by atoms with E-state index >= 15 is 0 Å². The van der Waals surface area contributed by atoms with E-state index in [-0.39, 0.29) is 23.0 Å². The van der Waals surface area contributed by atoms with Crippen LogP contribution >= 0.6 is 0 Å². The minimum atomic E-state index is -0.830. The van der Waals surface area contributed by atoms with Gasteiger partial charge in [0.1, 0.15) is 17.0 Å². The van der Waals surface area contributed by atoms with Crippen molar-refractivity contribution in [3.8, 4) is 0 Å². The third kappa shape index (κ3) is 2.38. The second-order valence-electron chi connectivity index (χ2n) is 9.56. The summed E-state index contributed by atoms with van der Waals surface area (Å²) in [5.41, 5.74) is 1.37. The van der Waals surface area contributed by atoms with Crippen LogP contribution in [0.2, 0.25) is 0 Å². The highest BCUT2D eigenvalue weighted by Gasteiger charge is 2.61. The zero-order valence-electron chi connectivity index (χ0n) is 15.8. The SMILES string of the molecule is CC1CC(C)C2N(C1)c1ccccc1CC21C(=O)CC(C)(C)CC1=O. The Labute approximate surface area is 150 Å². The van der Waals surface area contributed by atoms with Gasteiger partial charge in [-0.05, 0) is 41.7 Å². The average Bonchev–Trinajstić information content (AvgIpc) is 2.51. The van der Waals surface area contributed by atoms with Crippen molar-refractivity contribution in [2.75, 3.05) is 11.4 Å². The highest BCUT2D eigenvalue weighted by Crippen LogP contribution is 2.53. The van der Waals surface area contributed by atoms with Gasteiger partial charge >= 0.3 is 0 Å². The Kier molecular flexibility index (Phi) is 3.65. The van der Waals surface area contributed by atoms with Gasteiger partial charge in [0, 0.05) is 25.1 Å². The van der Waals surface area contributed by atoms with E-state index in [2.05, 4.69) is 50.8 Å². The maximum Gasteiger partial charge on any atom is 0.149 e. The summed E-state index contributed by atoms with van der Waals surface area (Å²) in [6.45, 7) is 9.57. The first-order valence-electron chi connectivity index (χ1n) is 9.66. The highest BCUT2D eigenvalue weighted by molar-refractivity contribution is 6.11. The molecule has 4 rings (SSSR count). The number of hydrogen-bond donors (Lipinski definition) is 0. The summed E-state index contributed by atoms with van der Waals surface area (Å²) < 4.78 is 0. The molecule has 1 saturated carbocycles. The van der Waals surface area contributed by atoms with Crippen LogP contribution in [0, 0.1) is 22.7 Å². The van der Waals surface area contributed by atoms with Gasteiger partial charge in [-0.1, -0.05) is 45.9 Å². The van der Waals surface area contributed by atoms with Gasteiger partial charge in [0.15, 0.2) is 0 Å². The fourth-order valence-corrected chi connectivity index (χ4v) is 5.87. The van der Waals surface area contributed by atoms with E-state index in [1.54, 1.807) is 0 Å². The van der Waals surface area contributed by atoms with Crippen molar-refractivity contribution in [3.63, 3.8) is 0 Å². The number of fused-ring (bicyclic) bond motifs is 4. The predicted molar refractivity (Wildman–Crippen MR) is 99.7 cm³/mol. The highest BCUT2D eigenvalue weighted by atomic mass is 16.2. The number of ketones is 2. The molecule has 1 aromatic carbocycles. The van der Waals surface area contributed by atoms with Crippen LogP contribution in [0.25, 0.3) is 0 Å². The van der Waals surface area contributed by atoms with Crippen molar-refractivity contribution in [1.29, 1.82) is 0 Å². The van der Waals surface area contributed by atoms with Gasteiger partial charge in [-0.25, -0.2) is 0 Å². The maximum absolute atomic E-state index is 13.4. The maximum atomic E-state index is 13.4. The summed E-state index contributed by atoms with van der Waals surface area (Å²) in [4.78, 5) is 29.3. The van der Waals surface area contributed by atoms with Crippen LogP contribution in [0.4, 0.5) is 5.69 Å². The summed E-state index contributed by atoms with van der Waals surface area (Å²) in [6.07, 6.45) is 2.73. The van der Waals surface area contributed by atoms with Crippen LogP contribution in [-0.2, 0) is 16.0 Å². The molecule has 0 amide bonds. The molecule has 2 aliphatic heterocycles. The van der Waals surface area contributed by atoms with Gasteiger partial charge in [0.25, 0.3) is 0 Å². The number of para-hydroxylation sites is 1. The molecule has 134 valence electrons. The zero-order chi connectivity index (χ0) is 18.0. The smallest absolute Gasteiger partial charge is 0.149 e. The third-order valence-electron chi connectivity index (χ3n) is 6.71. The van der Waals surface area contributed by atoms with Gasteiger partial charge in [-0.3, -0.25) is 9.59 Å². The molecule has 25 heavy (non-hydrogen) atoms. The average molecular weight is 339 g/mol. The van der Waals surface area contributed by atoms with E-state index in [9.17, 15) is 9.59 Å². The number of carbonyl (C=O) groups excluding carboxylic acids is 2. The fraction of sp³-hybridized carbons (Fsp3) is 0.636. The number of piperidine rings is 1. The molecule has 3 aliphatic rings. The lowest BCUT2D eigenvalue weighted by Gasteiger charge is -2.57. The number of benzene rings is 1. The number of anilines is 1. The Balaban J connectivity index is 1.89. The number of nitrogens with zero attached hydrogens (tertiary/aromatic N) is 1. The quantitative estimate of drug-likeness (QED) is 0.670. The molecular weight excluding hydrogens is 310 g/mol. The topological polar surface area (TPSA) is 37.4 Å². The lowest BCUT2D eigenvalue weighted by molar-refractivity contribution is -0.152. The molecule has 3 unspecified atom stereocenters. The van der Waals surface area contributed by atoms with Gasteiger partial charge in [0.05, 0.1) is 6.04 Å². The van der Waals surface area contributed by atoms with E-state index in [1.165, 1.54) is 11.3 Å². The van der Waals surface area contributed by atoms with E-state index in [1.807, 2.05) is 6.07 Å². The molecule has 1 aromatic rings. The van der Waals surface area contributed by atoms with E-state index in [4.69, 9.17) is 0 Å². The Bertz CT molecular complexity index is 715. The van der Waals surface area contributed by atoms with Gasteiger partial charge < -0.3 is 4.90 Å². The molecular formula is C22H29NO2. The molecule has 3 heteroatoms. The Morgan fingerprint density at radius 3 is 2.32 bits per heavy atom. The van der Waals surface area contributed by atoms with E-state index < -0.39 is 5.41 Å². The Morgan fingerprint density at radius 2 is 1.64 bits per heavy atom. The fourth-order valence-electron chi connectivity index (χ4n) is 5.87. The number of Topliss-reactive ketones (excluding diaryl/α,β-unsaturated/α-hetero) is 2. The van der Waals surface area contributed by atoms with Crippen molar-refractivity contribution in [1.82, 2.24) is 0 Å². The minimum absolute atomic E-state index is 0.0229. The molecule has 0 bridgehead atoms. The second-order valence-corrected chi connectivity index (χ2v) is 9.56. The zero-order valence-corrected chi connectivity index (χ0v) is 15.8. The molecule has 2 fully saturated rings. The van der Waals surface area contributed by atoms with Gasteiger partial charge in [-0.2, -0.15) is 0 Å². The molecule has 0 aromatic heterocycles. The van der Waals surface area contributed by atoms with Crippen molar-refractivity contribution in [3.05, 3.63) is 29.8 Å². The van der Waals surface area contributed by atoms with Crippen molar-refractivity contribution in [2.45, 2.75) is 59.4 Å². The van der Waals surface area contributed by atoms with E-state index in [0.717, 1.165) is 13.0 Å². The van der Waals surface area contributed by atoms with Crippen LogP contribution in [-0.4, -0.2) is 24.2 Å². The largest absolute Gasteiger partial charge is 0.366 e. The second kappa shape index (κ2) is 5.43. The number of hydrogen-bond acceptors (Lipinski definition) is 3. The number of rotatable bonds is 0. The summed E-state index contributed by atoms with van der Waals surface area (Å²) in [5, 5.41) is 0. The standard InChI is InChI=1S/C22H29NO2/c1-14-9-15(2)20-22(18(24)11-21(3,4)12-19(22)25)10-16-7-5-6-8-17(16)23(20)13-14/h5-8,14-15,20H,9-13H2,1-4H3. The summed E-state index contributed by atoms with van der Waals surface area (Å²) in [6, 6.07) is 8.41. The normalized spacial score (nSPS) is 33.1. The van der Waals surface area contributed by atoms with Crippen molar-refractivity contribution >= 4 is 17.3 Å².